The number of nitro benzene ring substituents is 1. The second-order valence-electron chi connectivity index (χ2n) is 4.60. The van der Waals surface area contributed by atoms with Gasteiger partial charge in [-0.15, -0.1) is 0 Å². The summed E-state index contributed by atoms with van der Waals surface area (Å²) in [5, 5.41) is 14.2. The van der Waals surface area contributed by atoms with E-state index < -0.39 is 4.92 Å². The number of ether oxygens (including phenoxy) is 2. The quantitative estimate of drug-likeness (QED) is 0.427. The summed E-state index contributed by atoms with van der Waals surface area (Å²) in [4.78, 5) is 10.8. The number of benzene rings is 1. The van der Waals surface area contributed by atoms with Crippen molar-refractivity contribution < 1.29 is 14.4 Å². The summed E-state index contributed by atoms with van der Waals surface area (Å²) in [5.74, 6) is 0.298. The predicted molar refractivity (Wildman–Crippen MR) is 78.5 cm³/mol. The fraction of sp³-hybridized carbons (Fsp3) is 0.571. The van der Waals surface area contributed by atoms with Crippen LogP contribution in [0.3, 0.4) is 0 Å². The van der Waals surface area contributed by atoms with Crippen molar-refractivity contribution in [1.29, 1.82) is 0 Å². The van der Waals surface area contributed by atoms with E-state index in [0.717, 1.165) is 6.42 Å². The molecule has 0 saturated carbocycles. The summed E-state index contributed by atoms with van der Waals surface area (Å²) in [6.45, 7) is 7.31. The number of nitrogens with one attached hydrogen (secondary N) is 1. The van der Waals surface area contributed by atoms with E-state index in [9.17, 15) is 10.1 Å². The summed E-state index contributed by atoms with van der Waals surface area (Å²) >= 11 is 0. The van der Waals surface area contributed by atoms with Gasteiger partial charge in [0.25, 0.3) is 0 Å². The van der Waals surface area contributed by atoms with Gasteiger partial charge in [-0.2, -0.15) is 0 Å². The van der Waals surface area contributed by atoms with Crippen molar-refractivity contribution in [2.45, 2.75) is 33.3 Å². The molecule has 0 radical (unpaired) electrons. The normalized spacial score (nSPS) is 10.6. The molecule has 20 heavy (non-hydrogen) atoms. The van der Waals surface area contributed by atoms with Gasteiger partial charge in [-0.25, -0.2) is 0 Å². The molecule has 0 saturated heterocycles. The van der Waals surface area contributed by atoms with E-state index in [1.54, 1.807) is 18.2 Å². The molecule has 6 nitrogen and oxygen atoms in total. The van der Waals surface area contributed by atoms with Gasteiger partial charge in [-0.05, 0) is 32.4 Å². The first-order valence-corrected chi connectivity index (χ1v) is 6.82. The lowest BCUT2D eigenvalue weighted by Gasteiger charge is -2.12. The van der Waals surface area contributed by atoms with Crippen LogP contribution in [0.15, 0.2) is 18.2 Å². The molecule has 0 fully saturated rings. The average Bonchev–Trinajstić information content (AvgIpc) is 2.40. The zero-order valence-electron chi connectivity index (χ0n) is 12.2. The smallest absolute Gasteiger partial charge is 0.333 e. The summed E-state index contributed by atoms with van der Waals surface area (Å²) < 4.78 is 10.8. The second-order valence-corrected chi connectivity index (χ2v) is 4.60. The Labute approximate surface area is 119 Å². The molecule has 0 spiro atoms. The Bertz CT molecular complexity index is 435. The van der Waals surface area contributed by atoms with E-state index in [0.29, 0.717) is 31.2 Å². The molecule has 0 atom stereocenters. The minimum atomic E-state index is -0.420. The molecule has 0 bridgehead atoms. The Morgan fingerprint density at radius 3 is 2.70 bits per heavy atom. The number of rotatable bonds is 9. The molecular formula is C14H22N2O4. The Morgan fingerprint density at radius 2 is 2.10 bits per heavy atom. The van der Waals surface area contributed by atoms with Crippen LogP contribution in [-0.4, -0.2) is 30.8 Å². The van der Waals surface area contributed by atoms with E-state index >= 15 is 0 Å². The molecule has 1 N–H and O–H groups in total. The van der Waals surface area contributed by atoms with Crippen molar-refractivity contribution in [3.8, 4) is 5.75 Å². The molecular weight excluding hydrogens is 260 g/mol. The van der Waals surface area contributed by atoms with Crippen LogP contribution in [0.2, 0.25) is 0 Å². The fourth-order valence-electron chi connectivity index (χ4n) is 1.66. The highest BCUT2D eigenvalue weighted by molar-refractivity contribution is 5.68. The van der Waals surface area contributed by atoms with Crippen LogP contribution in [0.1, 0.15) is 27.2 Å². The third kappa shape index (κ3) is 5.05. The molecule has 0 aliphatic carbocycles. The SMILES string of the molecule is CCCOc1cccc(NCCOC(C)C)c1[N+](=O)[O-]. The average molecular weight is 282 g/mol. The van der Waals surface area contributed by atoms with Crippen molar-refractivity contribution >= 4 is 11.4 Å². The number of hydrogen-bond acceptors (Lipinski definition) is 5. The van der Waals surface area contributed by atoms with Gasteiger partial charge in [-0.3, -0.25) is 10.1 Å². The monoisotopic (exact) mass is 282 g/mol. The minimum absolute atomic E-state index is 0.0227. The standard InChI is InChI=1S/C14H22N2O4/c1-4-9-20-13-7-5-6-12(14(13)16(17)18)15-8-10-19-11(2)3/h5-7,11,15H,4,8-10H2,1-3H3. The zero-order valence-corrected chi connectivity index (χ0v) is 12.2. The van der Waals surface area contributed by atoms with Crippen LogP contribution < -0.4 is 10.1 Å². The van der Waals surface area contributed by atoms with Crippen molar-refractivity contribution in [2.24, 2.45) is 0 Å². The van der Waals surface area contributed by atoms with Crippen molar-refractivity contribution in [3.63, 3.8) is 0 Å². The first-order valence-electron chi connectivity index (χ1n) is 6.82. The van der Waals surface area contributed by atoms with E-state index in [-0.39, 0.29) is 11.8 Å². The number of nitro groups is 1. The maximum atomic E-state index is 11.2. The lowest BCUT2D eigenvalue weighted by Crippen LogP contribution is -2.14. The van der Waals surface area contributed by atoms with Crippen LogP contribution in [0.4, 0.5) is 11.4 Å². The van der Waals surface area contributed by atoms with Crippen LogP contribution in [0.5, 0.6) is 5.75 Å². The highest BCUT2D eigenvalue weighted by Gasteiger charge is 2.20. The Hall–Kier alpha value is -1.82. The van der Waals surface area contributed by atoms with E-state index in [4.69, 9.17) is 9.47 Å². The number of hydrogen-bond donors (Lipinski definition) is 1. The second kappa shape index (κ2) is 8.37. The topological polar surface area (TPSA) is 73.6 Å². The van der Waals surface area contributed by atoms with E-state index in [1.165, 1.54) is 0 Å². The maximum absolute atomic E-state index is 11.2. The predicted octanol–water partition coefficient (Wildman–Crippen LogP) is 3.22. The summed E-state index contributed by atoms with van der Waals surface area (Å²) in [7, 11) is 0. The molecule has 0 aliphatic rings. The third-order valence-electron chi connectivity index (χ3n) is 2.51. The lowest BCUT2D eigenvalue weighted by atomic mass is 10.2. The van der Waals surface area contributed by atoms with Gasteiger partial charge in [0.15, 0.2) is 5.75 Å². The Morgan fingerprint density at radius 1 is 1.35 bits per heavy atom. The fourth-order valence-corrected chi connectivity index (χ4v) is 1.66. The van der Waals surface area contributed by atoms with Gasteiger partial charge in [0.2, 0.25) is 0 Å². The van der Waals surface area contributed by atoms with Crippen molar-refractivity contribution in [3.05, 3.63) is 28.3 Å². The molecule has 6 heteroatoms. The summed E-state index contributed by atoms with van der Waals surface area (Å²) in [5.41, 5.74) is 0.432. The first kappa shape index (κ1) is 16.2. The van der Waals surface area contributed by atoms with Gasteiger partial charge in [0.1, 0.15) is 5.69 Å². The van der Waals surface area contributed by atoms with Crippen LogP contribution >= 0.6 is 0 Å². The molecule has 0 unspecified atom stereocenters. The van der Waals surface area contributed by atoms with Gasteiger partial charge >= 0.3 is 5.69 Å². The first-order chi connectivity index (χ1) is 9.56. The lowest BCUT2D eigenvalue weighted by molar-refractivity contribution is -0.385. The number of anilines is 1. The minimum Gasteiger partial charge on any atom is -0.487 e. The largest absolute Gasteiger partial charge is 0.487 e. The molecule has 0 aromatic heterocycles. The van der Waals surface area contributed by atoms with E-state index in [1.807, 2.05) is 20.8 Å². The number of para-hydroxylation sites is 1. The van der Waals surface area contributed by atoms with Crippen LogP contribution in [0, 0.1) is 10.1 Å². The molecule has 1 aromatic carbocycles. The third-order valence-corrected chi connectivity index (χ3v) is 2.51. The summed E-state index contributed by atoms with van der Waals surface area (Å²) in [6.07, 6.45) is 0.947. The highest BCUT2D eigenvalue weighted by Crippen LogP contribution is 2.34. The Kier molecular flexibility index (Phi) is 6.79. The van der Waals surface area contributed by atoms with Crippen LogP contribution in [-0.2, 0) is 4.74 Å². The molecule has 1 rings (SSSR count). The van der Waals surface area contributed by atoms with Gasteiger partial charge in [0.05, 0.1) is 24.2 Å². The van der Waals surface area contributed by atoms with Crippen molar-refractivity contribution in [2.75, 3.05) is 25.1 Å². The molecule has 0 heterocycles. The van der Waals surface area contributed by atoms with Crippen molar-refractivity contribution in [1.82, 2.24) is 0 Å². The highest BCUT2D eigenvalue weighted by atomic mass is 16.6. The van der Waals surface area contributed by atoms with Gasteiger partial charge in [0, 0.05) is 6.54 Å². The Balaban J connectivity index is 2.76. The molecule has 112 valence electrons. The van der Waals surface area contributed by atoms with Gasteiger partial charge < -0.3 is 14.8 Å². The maximum Gasteiger partial charge on any atom is 0.333 e. The molecule has 0 amide bonds. The zero-order chi connectivity index (χ0) is 15.0. The van der Waals surface area contributed by atoms with Crippen LogP contribution in [0.25, 0.3) is 0 Å². The number of nitrogens with zero attached hydrogens (tertiary/aromatic N) is 1. The molecule has 0 aliphatic heterocycles. The van der Waals surface area contributed by atoms with Gasteiger partial charge in [-0.1, -0.05) is 13.0 Å². The molecule has 1 aromatic rings. The summed E-state index contributed by atoms with van der Waals surface area (Å²) in [6, 6.07) is 5.03. The van der Waals surface area contributed by atoms with E-state index in [2.05, 4.69) is 5.32 Å².